The van der Waals surface area contributed by atoms with Crippen molar-refractivity contribution < 1.29 is 23.5 Å². The topological polar surface area (TPSA) is 96.9 Å². The fraction of sp³-hybridized carbons (Fsp3) is 0.385. The van der Waals surface area contributed by atoms with Gasteiger partial charge in [-0.15, -0.1) is 0 Å². The maximum Gasteiger partial charge on any atom is 0.387 e. The van der Waals surface area contributed by atoms with Gasteiger partial charge in [0.15, 0.2) is 5.84 Å². The second-order valence-corrected chi connectivity index (χ2v) is 4.24. The van der Waals surface area contributed by atoms with E-state index in [9.17, 15) is 13.6 Å². The molecule has 0 bridgehead atoms. The molecule has 1 atom stereocenters. The van der Waals surface area contributed by atoms with Gasteiger partial charge in [-0.1, -0.05) is 18.5 Å². The van der Waals surface area contributed by atoms with E-state index >= 15 is 0 Å². The summed E-state index contributed by atoms with van der Waals surface area (Å²) >= 11 is 0. The van der Waals surface area contributed by atoms with Gasteiger partial charge in [0.05, 0.1) is 6.04 Å². The molecule has 0 aromatic heterocycles. The molecule has 6 nitrogen and oxygen atoms in total. The standard InChI is InChI=1S/C13H17F2N3O3/c1-2-3-10(11(16)18-20)17-12(19)8-4-6-9(7-5-8)21-13(14)15/h4-7,10,13,20H,2-3H2,1H3,(H2,16,18)(H,17,19). The van der Waals surface area contributed by atoms with E-state index in [1.807, 2.05) is 6.92 Å². The fourth-order valence-corrected chi connectivity index (χ4v) is 1.68. The third kappa shape index (κ3) is 5.25. The van der Waals surface area contributed by atoms with Crippen LogP contribution in [-0.2, 0) is 0 Å². The SMILES string of the molecule is CCCC(NC(=O)c1ccc(OC(F)F)cc1)/C(N)=N/O. The van der Waals surface area contributed by atoms with E-state index in [-0.39, 0.29) is 17.1 Å². The van der Waals surface area contributed by atoms with Crippen LogP contribution in [0, 0.1) is 0 Å². The van der Waals surface area contributed by atoms with Crippen LogP contribution in [0.1, 0.15) is 30.1 Å². The van der Waals surface area contributed by atoms with Gasteiger partial charge in [0.25, 0.3) is 5.91 Å². The summed E-state index contributed by atoms with van der Waals surface area (Å²) in [6.45, 7) is -1.03. The van der Waals surface area contributed by atoms with Crippen LogP contribution in [-0.4, -0.2) is 29.6 Å². The number of carbonyl (C=O) groups is 1. The molecule has 1 amide bonds. The average molecular weight is 301 g/mol. The lowest BCUT2D eigenvalue weighted by atomic mass is 10.1. The Morgan fingerprint density at radius 1 is 1.43 bits per heavy atom. The van der Waals surface area contributed by atoms with Crippen LogP contribution in [0.4, 0.5) is 8.78 Å². The zero-order chi connectivity index (χ0) is 15.8. The van der Waals surface area contributed by atoms with Crippen LogP contribution in [0.15, 0.2) is 29.4 Å². The first-order chi connectivity index (χ1) is 9.97. The predicted octanol–water partition coefficient (Wildman–Crippen LogP) is 1.93. The quantitative estimate of drug-likeness (QED) is 0.310. The third-order valence-electron chi connectivity index (χ3n) is 2.70. The zero-order valence-electron chi connectivity index (χ0n) is 11.4. The number of amidine groups is 1. The molecule has 0 saturated carbocycles. The Hall–Kier alpha value is -2.38. The highest BCUT2D eigenvalue weighted by molar-refractivity contribution is 5.98. The van der Waals surface area contributed by atoms with Crippen LogP contribution in [0.25, 0.3) is 0 Å². The molecule has 0 fully saturated rings. The number of oxime groups is 1. The van der Waals surface area contributed by atoms with Gasteiger partial charge in [-0.2, -0.15) is 8.78 Å². The molecule has 0 spiro atoms. The van der Waals surface area contributed by atoms with Gasteiger partial charge in [-0.05, 0) is 30.7 Å². The van der Waals surface area contributed by atoms with E-state index in [1.165, 1.54) is 24.3 Å². The molecule has 4 N–H and O–H groups in total. The molecule has 1 unspecified atom stereocenters. The number of rotatable bonds is 7. The number of nitrogens with two attached hydrogens (primary N) is 1. The Labute approximate surface area is 120 Å². The Balaban J connectivity index is 2.73. The van der Waals surface area contributed by atoms with Crippen molar-refractivity contribution in [1.82, 2.24) is 5.32 Å². The lowest BCUT2D eigenvalue weighted by molar-refractivity contribution is -0.0498. The first-order valence-electron chi connectivity index (χ1n) is 6.31. The van der Waals surface area contributed by atoms with Crippen molar-refractivity contribution in [3.63, 3.8) is 0 Å². The lowest BCUT2D eigenvalue weighted by Crippen LogP contribution is -2.44. The van der Waals surface area contributed by atoms with Crippen molar-refractivity contribution >= 4 is 11.7 Å². The summed E-state index contributed by atoms with van der Waals surface area (Å²) < 4.78 is 28.2. The van der Waals surface area contributed by atoms with Gasteiger partial charge in [-0.25, -0.2) is 0 Å². The van der Waals surface area contributed by atoms with Gasteiger partial charge in [-0.3, -0.25) is 4.79 Å². The van der Waals surface area contributed by atoms with Crippen LogP contribution in [0.3, 0.4) is 0 Å². The minimum Gasteiger partial charge on any atom is -0.435 e. The van der Waals surface area contributed by atoms with Crippen LogP contribution in [0.2, 0.25) is 0 Å². The molecule has 116 valence electrons. The van der Waals surface area contributed by atoms with Crippen LogP contribution in [0.5, 0.6) is 5.75 Å². The number of nitrogens with zero attached hydrogens (tertiary/aromatic N) is 1. The number of nitrogens with one attached hydrogen (secondary N) is 1. The van der Waals surface area contributed by atoms with Crippen molar-refractivity contribution in [2.24, 2.45) is 10.9 Å². The smallest absolute Gasteiger partial charge is 0.387 e. The molecule has 8 heteroatoms. The maximum absolute atomic E-state index is 12.0. The highest BCUT2D eigenvalue weighted by Crippen LogP contribution is 2.15. The lowest BCUT2D eigenvalue weighted by Gasteiger charge is -2.16. The molecule has 21 heavy (non-hydrogen) atoms. The number of hydrogen-bond acceptors (Lipinski definition) is 4. The van der Waals surface area contributed by atoms with E-state index in [2.05, 4.69) is 15.2 Å². The normalized spacial score (nSPS) is 13.0. The first kappa shape index (κ1) is 16.7. The number of carbonyl (C=O) groups excluding carboxylic acids is 1. The van der Waals surface area contributed by atoms with E-state index in [0.717, 1.165) is 6.42 Å². The summed E-state index contributed by atoms with van der Waals surface area (Å²) in [7, 11) is 0. The average Bonchev–Trinajstić information content (AvgIpc) is 2.46. The number of benzene rings is 1. The van der Waals surface area contributed by atoms with Crippen molar-refractivity contribution in [2.75, 3.05) is 0 Å². The minimum absolute atomic E-state index is 0.0388. The highest BCUT2D eigenvalue weighted by atomic mass is 19.3. The molecule has 1 aromatic carbocycles. The van der Waals surface area contributed by atoms with Crippen LogP contribution < -0.4 is 15.8 Å². The Kier molecular flexibility index (Phi) is 6.38. The predicted molar refractivity (Wildman–Crippen MR) is 72.6 cm³/mol. The van der Waals surface area contributed by atoms with E-state index in [0.29, 0.717) is 6.42 Å². The summed E-state index contributed by atoms with van der Waals surface area (Å²) in [5, 5.41) is 14.1. The van der Waals surface area contributed by atoms with Gasteiger partial charge < -0.3 is 21.0 Å². The fourth-order valence-electron chi connectivity index (χ4n) is 1.68. The summed E-state index contributed by atoms with van der Waals surface area (Å²) in [6, 6.07) is 4.63. The largest absolute Gasteiger partial charge is 0.435 e. The van der Waals surface area contributed by atoms with Gasteiger partial charge >= 0.3 is 6.61 Å². The number of halogens is 2. The molecule has 0 aliphatic rings. The molecule has 1 rings (SSSR count). The summed E-state index contributed by atoms with van der Waals surface area (Å²) in [6.07, 6.45) is 1.23. The zero-order valence-corrected chi connectivity index (χ0v) is 11.4. The second kappa shape index (κ2) is 8.03. The number of ether oxygens (including phenoxy) is 1. The Morgan fingerprint density at radius 3 is 2.52 bits per heavy atom. The van der Waals surface area contributed by atoms with Crippen molar-refractivity contribution in [2.45, 2.75) is 32.4 Å². The number of alkyl halides is 2. The van der Waals surface area contributed by atoms with Gasteiger partial charge in [0.1, 0.15) is 5.75 Å². The third-order valence-corrected chi connectivity index (χ3v) is 2.70. The summed E-state index contributed by atoms with van der Waals surface area (Å²) in [5.41, 5.74) is 5.74. The molecular weight excluding hydrogens is 284 g/mol. The van der Waals surface area contributed by atoms with Crippen molar-refractivity contribution in [1.29, 1.82) is 0 Å². The first-order valence-corrected chi connectivity index (χ1v) is 6.31. The Bertz CT molecular complexity index is 492. The minimum atomic E-state index is -2.92. The summed E-state index contributed by atoms with van der Waals surface area (Å²) in [4.78, 5) is 12.0. The molecule has 0 heterocycles. The number of amides is 1. The molecule has 0 aliphatic heterocycles. The molecular formula is C13H17F2N3O3. The van der Waals surface area contributed by atoms with Crippen molar-refractivity contribution in [3.8, 4) is 5.75 Å². The van der Waals surface area contributed by atoms with E-state index < -0.39 is 18.6 Å². The number of hydrogen-bond donors (Lipinski definition) is 3. The molecule has 0 radical (unpaired) electrons. The monoisotopic (exact) mass is 301 g/mol. The molecule has 0 aliphatic carbocycles. The van der Waals surface area contributed by atoms with Gasteiger partial charge in [0, 0.05) is 5.56 Å². The molecule has 0 saturated heterocycles. The van der Waals surface area contributed by atoms with Crippen LogP contribution >= 0.6 is 0 Å². The highest BCUT2D eigenvalue weighted by Gasteiger charge is 2.17. The second-order valence-electron chi connectivity index (χ2n) is 4.24. The van der Waals surface area contributed by atoms with Gasteiger partial charge in [0.2, 0.25) is 0 Å². The van der Waals surface area contributed by atoms with E-state index in [1.54, 1.807) is 0 Å². The Morgan fingerprint density at radius 2 is 2.05 bits per heavy atom. The van der Waals surface area contributed by atoms with Crippen molar-refractivity contribution in [3.05, 3.63) is 29.8 Å². The molecule has 1 aromatic rings. The van der Waals surface area contributed by atoms with E-state index in [4.69, 9.17) is 10.9 Å². The maximum atomic E-state index is 12.0. The summed E-state index contributed by atoms with van der Waals surface area (Å²) in [5.74, 6) is -0.588.